The first-order chi connectivity index (χ1) is 7.40. The molecule has 0 unspecified atom stereocenters. The number of carbonyl (C=O) groups is 1. The molecule has 0 aromatic rings. The maximum atomic E-state index is 12.1. The largest absolute Gasteiger partial charge is 0.468 e. The molecule has 0 radical (unpaired) electrons. The van der Waals surface area contributed by atoms with Crippen molar-refractivity contribution in [3.05, 3.63) is 0 Å². The van der Waals surface area contributed by atoms with Crippen molar-refractivity contribution in [2.24, 2.45) is 0 Å². The summed E-state index contributed by atoms with van der Waals surface area (Å²) in [6.07, 6.45) is -3.97. The summed E-state index contributed by atoms with van der Waals surface area (Å²) in [5, 5.41) is 2.25. The van der Waals surface area contributed by atoms with E-state index in [0.29, 0.717) is 0 Å². The van der Waals surface area contributed by atoms with Crippen LogP contribution in [0.2, 0.25) is 0 Å². The van der Waals surface area contributed by atoms with E-state index >= 15 is 0 Å². The van der Waals surface area contributed by atoms with E-state index in [1.165, 1.54) is 0 Å². The standard InChI is InChI=1S/C9H14F3NO3/c1-15-7(14)8(2-4-16-5-3-8)13-6-9(10,11)12/h13H,2-6H2,1H3. The van der Waals surface area contributed by atoms with Gasteiger partial charge in [-0.25, -0.2) is 0 Å². The van der Waals surface area contributed by atoms with Crippen LogP contribution in [0.5, 0.6) is 0 Å². The zero-order valence-corrected chi connectivity index (χ0v) is 8.89. The van der Waals surface area contributed by atoms with E-state index in [1.54, 1.807) is 0 Å². The van der Waals surface area contributed by atoms with Crippen LogP contribution in [0.15, 0.2) is 0 Å². The predicted octanol–water partition coefficient (Wildman–Crippen LogP) is 0.860. The molecule has 1 rings (SSSR count). The maximum Gasteiger partial charge on any atom is 0.401 e. The zero-order valence-electron chi connectivity index (χ0n) is 8.89. The number of ether oxygens (including phenoxy) is 2. The average molecular weight is 241 g/mol. The number of hydrogen-bond acceptors (Lipinski definition) is 4. The molecule has 1 heterocycles. The van der Waals surface area contributed by atoms with Gasteiger partial charge in [-0.05, 0) is 12.8 Å². The molecule has 0 saturated carbocycles. The highest BCUT2D eigenvalue weighted by Crippen LogP contribution is 2.24. The van der Waals surface area contributed by atoms with Crippen LogP contribution in [-0.4, -0.2) is 44.6 Å². The van der Waals surface area contributed by atoms with E-state index in [2.05, 4.69) is 10.1 Å². The number of methoxy groups -OCH3 is 1. The number of esters is 1. The molecule has 4 nitrogen and oxygen atoms in total. The first kappa shape index (κ1) is 13.2. The minimum atomic E-state index is -4.35. The van der Waals surface area contributed by atoms with Gasteiger partial charge in [0.15, 0.2) is 0 Å². The lowest BCUT2D eigenvalue weighted by Gasteiger charge is -2.35. The number of alkyl halides is 3. The van der Waals surface area contributed by atoms with Gasteiger partial charge in [0, 0.05) is 13.2 Å². The van der Waals surface area contributed by atoms with Gasteiger partial charge in [-0.1, -0.05) is 0 Å². The predicted molar refractivity (Wildman–Crippen MR) is 48.9 cm³/mol. The number of rotatable bonds is 3. The van der Waals surface area contributed by atoms with E-state index in [9.17, 15) is 18.0 Å². The minimum absolute atomic E-state index is 0.190. The topological polar surface area (TPSA) is 47.6 Å². The molecular weight excluding hydrogens is 227 g/mol. The Kier molecular flexibility index (Phi) is 4.15. The van der Waals surface area contributed by atoms with Crippen LogP contribution in [-0.2, 0) is 14.3 Å². The van der Waals surface area contributed by atoms with Crippen LogP contribution in [0.4, 0.5) is 13.2 Å². The number of carbonyl (C=O) groups excluding carboxylic acids is 1. The van der Waals surface area contributed by atoms with Gasteiger partial charge in [-0.15, -0.1) is 0 Å². The third kappa shape index (κ3) is 3.34. The smallest absolute Gasteiger partial charge is 0.401 e. The van der Waals surface area contributed by atoms with Crippen molar-refractivity contribution < 1.29 is 27.4 Å². The first-order valence-corrected chi connectivity index (χ1v) is 4.88. The summed E-state index contributed by atoms with van der Waals surface area (Å²) < 4.78 is 45.9. The highest BCUT2D eigenvalue weighted by Gasteiger charge is 2.43. The normalized spacial score (nSPS) is 20.5. The lowest BCUT2D eigenvalue weighted by Crippen LogP contribution is -2.58. The van der Waals surface area contributed by atoms with Crippen LogP contribution in [0.25, 0.3) is 0 Å². The molecule has 1 aliphatic rings. The fourth-order valence-electron chi connectivity index (χ4n) is 1.64. The molecule has 0 aromatic carbocycles. The summed E-state index contributed by atoms with van der Waals surface area (Å²) >= 11 is 0. The lowest BCUT2D eigenvalue weighted by molar-refractivity contribution is -0.158. The van der Waals surface area contributed by atoms with Crippen molar-refractivity contribution in [2.45, 2.75) is 24.6 Å². The Morgan fingerprint density at radius 1 is 1.44 bits per heavy atom. The SMILES string of the molecule is COC(=O)C1(NCC(F)(F)F)CCOCC1. The summed E-state index contributed by atoms with van der Waals surface area (Å²) in [5.74, 6) is -0.667. The zero-order chi connectivity index (χ0) is 12.2. The van der Waals surface area contributed by atoms with Crippen molar-refractivity contribution in [1.29, 1.82) is 0 Å². The van der Waals surface area contributed by atoms with Gasteiger partial charge < -0.3 is 9.47 Å². The van der Waals surface area contributed by atoms with Crippen LogP contribution >= 0.6 is 0 Å². The quantitative estimate of drug-likeness (QED) is 0.744. The van der Waals surface area contributed by atoms with Gasteiger partial charge in [-0.2, -0.15) is 13.2 Å². The monoisotopic (exact) mass is 241 g/mol. The second-order valence-electron chi connectivity index (χ2n) is 3.65. The van der Waals surface area contributed by atoms with Crippen LogP contribution < -0.4 is 5.32 Å². The Bertz CT molecular complexity index is 249. The average Bonchev–Trinajstić information content (AvgIpc) is 2.25. The van der Waals surface area contributed by atoms with E-state index < -0.39 is 24.2 Å². The van der Waals surface area contributed by atoms with Gasteiger partial charge >= 0.3 is 12.1 Å². The van der Waals surface area contributed by atoms with Crippen molar-refractivity contribution in [1.82, 2.24) is 5.32 Å². The van der Waals surface area contributed by atoms with Crippen molar-refractivity contribution in [3.8, 4) is 0 Å². The van der Waals surface area contributed by atoms with E-state index in [1.807, 2.05) is 0 Å². The highest BCUT2D eigenvalue weighted by molar-refractivity contribution is 5.80. The van der Waals surface area contributed by atoms with E-state index in [0.717, 1.165) is 7.11 Å². The Morgan fingerprint density at radius 2 is 2.00 bits per heavy atom. The van der Waals surface area contributed by atoms with E-state index in [4.69, 9.17) is 4.74 Å². The molecule has 94 valence electrons. The second kappa shape index (κ2) is 5.01. The molecule has 1 fully saturated rings. The third-order valence-electron chi connectivity index (χ3n) is 2.55. The molecule has 7 heteroatoms. The van der Waals surface area contributed by atoms with Crippen LogP contribution in [0.1, 0.15) is 12.8 Å². The fourth-order valence-corrected chi connectivity index (χ4v) is 1.64. The Hall–Kier alpha value is -0.820. The van der Waals surface area contributed by atoms with Crippen molar-refractivity contribution in [2.75, 3.05) is 26.9 Å². The summed E-state index contributed by atoms with van der Waals surface area (Å²) in [6, 6.07) is 0. The molecule has 0 atom stereocenters. The molecular formula is C9H14F3NO3. The van der Waals surface area contributed by atoms with Crippen LogP contribution in [0, 0.1) is 0 Å². The van der Waals surface area contributed by atoms with Gasteiger partial charge in [0.2, 0.25) is 0 Å². The summed E-state index contributed by atoms with van der Waals surface area (Å²) in [5.41, 5.74) is -1.26. The molecule has 1 aliphatic heterocycles. The lowest BCUT2D eigenvalue weighted by atomic mass is 9.90. The highest BCUT2D eigenvalue weighted by atomic mass is 19.4. The third-order valence-corrected chi connectivity index (χ3v) is 2.55. The van der Waals surface area contributed by atoms with E-state index in [-0.39, 0.29) is 26.1 Å². The summed E-state index contributed by atoms with van der Waals surface area (Å²) in [4.78, 5) is 11.5. The summed E-state index contributed by atoms with van der Waals surface area (Å²) in [6.45, 7) is -0.706. The molecule has 0 amide bonds. The Balaban J connectivity index is 2.67. The maximum absolute atomic E-state index is 12.1. The minimum Gasteiger partial charge on any atom is -0.468 e. The summed E-state index contributed by atoms with van der Waals surface area (Å²) in [7, 11) is 1.16. The second-order valence-corrected chi connectivity index (χ2v) is 3.65. The molecule has 0 aromatic heterocycles. The van der Waals surface area contributed by atoms with Crippen molar-refractivity contribution in [3.63, 3.8) is 0 Å². The molecule has 0 aliphatic carbocycles. The first-order valence-electron chi connectivity index (χ1n) is 4.88. The van der Waals surface area contributed by atoms with Gasteiger partial charge in [0.05, 0.1) is 13.7 Å². The molecule has 1 N–H and O–H groups in total. The Morgan fingerprint density at radius 3 is 2.44 bits per heavy atom. The number of halogens is 3. The van der Waals surface area contributed by atoms with Crippen molar-refractivity contribution >= 4 is 5.97 Å². The van der Waals surface area contributed by atoms with Gasteiger partial charge in [0.1, 0.15) is 5.54 Å². The molecule has 0 spiro atoms. The molecule has 16 heavy (non-hydrogen) atoms. The fraction of sp³-hybridized carbons (Fsp3) is 0.889. The number of hydrogen-bond donors (Lipinski definition) is 1. The Labute approximate surface area is 91.1 Å². The van der Waals surface area contributed by atoms with Crippen LogP contribution in [0.3, 0.4) is 0 Å². The molecule has 1 saturated heterocycles. The van der Waals surface area contributed by atoms with Gasteiger partial charge in [-0.3, -0.25) is 10.1 Å². The molecule has 0 bridgehead atoms. The van der Waals surface area contributed by atoms with Gasteiger partial charge in [0.25, 0.3) is 0 Å². The number of nitrogens with one attached hydrogen (secondary N) is 1.